The molecule has 0 aromatic heterocycles. The Morgan fingerprint density at radius 2 is 2.00 bits per heavy atom. The van der Waals surface area contributed by atoms with E-state index in [2.05, 4.69) is 6.92 Å². The van der Waals surface area contributed by atoms with Crippen LogP contribution in [0.25, 0.3) is 0 Å². The minimum Gasteiger partial charge on any atom is -0.396 e. The minimum absolute atomic E-state index is 0.0321. The van der Waals surface area contributed by atoms with Gasteiger partial charge in [0.2, 0.25) is 0 Å². The normalized spacial score (nSPS) is 14.5. The highest BCUT2D eigenvalue weighted by Crippen LogP contribution is 2.16. The summed E-state index contributed by atoms with van der Waals surface area (Å²) in [7, 11) is 0. The van der Waals surface area contributed by atoms with E-state index in [-0.39, 0.29) is 12.5 Å². The largest absolute Gasteiger partial charge is 0.396 e. The van der Waals surface area contributed by atoms with E-state index in [4.69, 9.17) is 9.84 Å². The van der Waals surface area contributed by atoms with Gasteiger partial charge in [0, 0.05) is 12.5 Å². The Hall–Kier alpha value is -0.120. The Labute approximate surface area is 80.7 Å². The van der Waals surface area contributed by atoms with Crippen LogP contribution in [0, 0.1) is 5.92 Å². The lowest BCUT2D eigenvalue weighted by molar-refractivity contribution is -0.0505. The summed E-state index contributed by atoms with van der Waals surface area (Å²) in [5.41, 5.74) is -0.860. The molecule has 0 saturated carbocycles. The van der Waals surface area contributed by atoms with E-state index in [1.165, 1.54) is 0 Å². The summed E-state index contributed by atoms with van der Waals surface area (Å²) in [6.07, 6.45) is 2.14. The Balaban J connectivity index is 3.61. The van der Waals surface area contributed by atoms with Crippen molar-refractivity contribution in [1.82, 2.24) is 0 Å². The Morgan fingerprint density at radius 1 is 1.38 bits per heavy atom. The zero-order valence-electron chi connectivity index (χ0n) is 8.92. The van der Waals surface area contributed by atoms with E-state index in [1.54, 1.807) is 13.8 Å². The molecule has 0 rings (SSSR count). The molecule has 1 atom stereocenters. The van der Waals surface area contributed by atoms with Crippen LogP contribution in [0.5, 0.6) is 0 Å². The van der Waals surface area contributed by atoms with Crippen molar-refractivity contribution in [1.29, 1.82) is 0 Å². The Morgan fingerprint density at radius 3 is 2.38 bits per heavy atom. The van der Waals surface area contributed by atoms with Gasteiger partial charge < -0.3 is 14.9 Å². The molecule has 0 aromatic rings. The van der Waals surface area contributed by atoms with Gasteiger partial charge in [0.05, 0.1) is 18.8 Å². The summed E-state index contributed by atoms with van der Waals surface area (Å²) in [5, 5.41) is 18.6. The minimum atomic E-state index is -0.860. The van der Waals surface area contributed by atoms with Crippen LogP contribution in [0.1, 0.15) is 33.6 Å². The van der Waals surface area contributed by atoms with Gasteiger partial charge in [0.1, 0.15) is 0 Å². The zero-order valence-corrected chi connectivity index (χ0v) is 8.92. The van der Waals surface area contributed by atoms with E-state index in [9.17, 15) is 5.11 Å². The van der Waals surface area contributed by atoms with Crippen LogP contribution in [0.15, 0.2) is 0 Å². The molecule has 0 heterocycles. The van der Waals surface area contributed by atoms with Crippen LogP contribution in [-0.2, 0) is 4.74 Å². The van der Waals surface area contributed by atoms with Gasteiger partial charge in [-0.2, -0.15) is 0 Å². The van der Waals surface area contributed by atoms with Gasteiger partial charge >= 0.3 is 0 Å². The van der Waals surface area contributed by atoms with E-state index in [0.29, 0.717) is 13.2 Å². The van der Waals surface area contributed by atoms with Crippen LogP contribution < -0.4 is 0 Å². The summed E-state index contributed by atoms with van der Waals surface area (Å²) in [5.74, 6) is -0.190. The molecular weight excluding hydrogens is 168 g/mol. The van der Waals surface area contributed by atoms with Gasteiger partial charge in [-0.05, 0) is 20.3 Å². The average Bonchev–Trinajstić information content (AvgIpc) is 2.02. The molecule has 0 aliphatic carbocycles. The van der Waals surface area contributed by atoms with Gasteiger partial charge in [-0.25, -0.2) is 0 Å². The van der Waals surface area contributed by atoms with Crippen molar-refractivity contribution >= 4 is 0 Å². The summed E-state index contributed by atoms with van der Waals surface area (Å²) in [6.45, 7) is 6.59. The second-order valence-corrected chi connectivity index (χ2v) is 3.96. The standard InChI is InChI=1S/C10H22O3/c1-4-5-6-13-8-9(7-11)10(2,3)12/h9,11-12H,4-8H2,1-3H3. The summed E-state index contributed by atoms with van der Waals surface area (Å²) in [4.78, 5) is 0. The summed E-state index contributed by atoms with van der Waals surface area (Å²) < 4.78 is 5.33. The molecule has 0 radical (unpaired) electrons. The molecule has 0 bridgehead atoms. The highest BCUT2D eigenvalue weighted by Gasteiger charge is 2.25. The van der Waals surface area contributed by atoms with Crippen molar-refractivity contribution in [2.75, 3.05) is 19.8 Å². The third-order valence-corrected chi connectivity index (χ3v) is 2.18. The van der Waals surface area contributed by atoms with Crippen LogP contribution in [-0.4, -0.2) is 35.6 Å². The van der Waals surface area contributed by atoms with Gasteiger partial charge in [0.25, 0.3) is 0 Å². The number of aliphatic hydroxyl groups excluding tert-OH is 1. The van der Waals surface area contributed by atoms with Crippen molar-refractivity contribution in [3.05, 3.63) is 0 Å². The molecule has 80 valence electrons. The lowest BCUT2D eigenvalue weighted by Gasteiger charge is -2.27. The van der Waals surface area contributed by atoms with Crippen molar-refractivity contribution < 1.29 is 14.9 Å². The maximum atomic E-state index is 9.59. The van der Waals surface area contributed by atoms with Gasteiger partial charge in [-0.3, -0.25) is 0 Å². The van der Waals surface area contributed by atoms with E-state index in [0.717, 1.165) is 12.8 Å². The van der Waals surface area contributed by atoms with Crippen molar-refractivity contribution in [3.63, 3.8) is 0 Å². The van der Waals surface area contributed by atoms with Crippen molar-refractivity contribution in [2.45, 2.75) is 39.2 Å². The third-order valence-electron chi connectivity index (χ3n) is 2.18. The number of hydrogen-bond acceptors (Lipinski definition) is 3. The van der Waals surface area contributed by atoms with E-state index < -0.39 is 5.60 Å². The van der Waals surface area contributed by atoms with Gasteiger partial charge in [0.15, 0.2) is 0 Å². The molecular formula is C10H22O3. The molecule has 0 amide bonds. The zero-order chi connectivity index (χ0) is 10.3. The molecule has 0 fully saturated rings. The molecule has 0 saturated heterocycles. The first kappa shape index (κ1) is 12.9. The number of rotatable bonds is 7. The summed E-state index contributed by atoms with van der Waals surface area (Å²) in [6, 6.07) is 0. The number of aliphatic hydroxyl groups is 2. The Bertz CT molecular complexity index is 118. The lowest BCUT2D eigenvalue weighted by atomic mass is 9.93. The van der Waals surface area contributed by atoms with E-state index >= 15 is 0 Å². The lowest BCUT2D eigenvalue weighted by Crippen LogP contribution is -2.36. The molecule has 0 aliphatic heterocycles. The predicted molar refractivity (Wildman–Crippen MR) is 52.6 cm³/mol. The second-order valence-electron chi connectivity index (χ2n) is 3.96. The quantitative estimate of drug-likeness (QED) is 0.593. The molecule has 0 aliphatic rings. The molecule has 0 spiro atoms. The van der Waals surface area contributed by atoms with E-state index in [1.807, 2.05) is 0 Å². The van der Waals surface area contributed by atoms with Crippen molar-refractivity contribution in [2.24, 2.45) is 5.92 Å². The van der Waals surface area contributed by atoms with Crippen LogP contribution in [0.4, 0.5) is 0 Å². The maximum absolute atomic E-state index is 9.59. The van der Waals surface area contributed by atoms with Crippen LogP contribution in [0.3, 0.4) is 0 Å². The fourth-order valence-electron chi connectivity index (χ4n) is 0.952. The van der Waals surface area contributed by atoms with Crippen molar-refractivity contribution in [3.8, 4) is 0 Å². The topological polar surface area (TPSA) is 49.7 Å². The summed E-state index contributed by atoms with van der Waals surface area (Å²) >= 11 is 0. The van der Waals surface area contributed by atoms with Gasteiger partial charge in [-0.1, -0.05) is 13.3 Å². The Kier molecular flexibility index (Phi) is 6.29. The maximum Gasteiger partial charge on any atom is 0.0663 e. The molecule has 0 aromatic carbocycles. The molecule has 2 N–H and O–H groups in total. The fraction of sp³-hybridized carbons (Fsp3) is 1.00. The molecule has 3 heteroatoms. The predicted octanol–water partition coefficient (Wildman–Crippen LogP) is 1.18. The van der Waals surface area contributed by atoms with Gasteiger partial charge in [-0.15, -0.1) is 0 Å². The first-order valence-electron chi connectivity index (χ1n) is 4.93. The van der Waals surface area contributed by atoms with Crippen LogP contribution >= 0.6 is 0 Å². The first-order chi connectivity index (χ1) is 6.02. The smallest absolute Gasteiger partial charge is 0.0663 e. The SMILES string of the molecule is CCCCOCC(CO)C(C)(C)O. The average molecular weight is 190 g/mol. The molecule has 1 unspecified atom stereocenters. The number of ether oxygens (including phenoxy) is 1. The highest BCUT2D eigenvalue weighted by atomic mass is 16.5. The monoisotopic (exact) mass is 190 g/mol. The molecule has 3 nitrogen and oxygen atoms in total. The highest BCUT2D eigenvalue weighted by molar-refractivity contribution is 4.76. The number of unbranched alkanes of at least 4 members (excludes halogenated alkanes) is 1. The molecule has 13 heavy (non-hydrogen) atoms. The first-order valence-corrected chi connectivity index (χ1v) is 4.93. The van der Waals surface area contributed by atoms with Crippen LogP contribution in [0.2, 0.25) is 0 Å². The second kappa shape index (κ2) is 6.35. The third kappa shape index (κ3) is 6.02. The fourth-order valence-corrected chi connectivity index (χ4v) is 0.952. The number of hydrogen-bond donors (Lipinski definition) is 2.